The molecule has 4 rings (SSSR count). The largest absolute Gasteiger partial charge is 0.469 e. The lowest BCUT2D eigenvalue weighted by Crippen LogP contribution is -2.28. The number of nitrogens with zero attached hydrogens (tertiary/aromatic N) is 1. The van der Waals surface area contributed by atoms with E-state index in [-0.39, 0.29) is 17.9 Å². The molecule has 1 aliphatic rings. The molecular weight excluding hydrogens is 338 g/mol. The molecule has 2 atom stereocenters. The van der Waals surface area contributed by atoms with Crippen molar-refractivity contribution in [3.8, 4) is 11.1 Å². The van der Waals surface area contributed by atoms with Crippen LogP contribution in [-0.4, -0.2) is 19.7 Å². The minimum Gasteiger partial charge on any atom is -0.469 e. The van der Waals surface area contributed by atoms with Crippen molar-refractivity contribution in [3.63, 3.8) is 0 Å². The van der Waals surface area contributed by atoms with Crippen molar-refractivity contribution >= 4 is 11.7 Å². The van der Waals surface area contributed by atoms with Crippen LogP contribution in [0.2, 0.25) is 0 Å². The molecule has 3 aromatic rings. The first-order valence-corrected chi connectivity index (χ1v) is 8.98. The van der Waals surface area contributed by atoms with E-state index in [2.05, 4.69) is 36.4 Å². The number of hydroxylamine groups is 1. The normalized spacial score (nSPS) is 19.1. The van der Waals surface area contributed by atoms with Gasteiger partial charge in [0.2, 0.25) is 0 Å². The van der Waals surface area contributed by atoms with Gasteiger partial charge in [0.15, 0.2) is 0 Å². The highest BCUT2D eigenvalue weighted by atomic mass is 16.7. The Morgan fingerprint density at radius 2 is 1.48 bits per heavy atom. The Morgan fingerprint density at radius 1 is 0.889 bits per heavy atom. The van der Waals surface area contributed by atoms with Crippen LogP contribution in [0.3, 0.4) is 0 Å². The molecule has 0 bridgehead atoms. The highest BCUT2D eigenvalue weighted by Crippen LogP contribution is 2.39. The number of esters is 1. The second-order valence-corrected chi connectivity index (χ2v) is 6.52. The summed E-state index contributed by atoms with van der Waals surface area (Å²) in [6, 6.07) is 28.1. The van der Waals surface area contributed by atoms with Gasteiger partial charge in [-0.05, 0) is 28.8 Å². The molecule has 27 heavy (non-hydrogen) atoms. The summed E-state index contributed by atoms with van der Waals surface area (Å²) in [5.74, 6) is -0.636. The first-order valence-electron chi connectivity index (χ1n) is 8.98. The van der Waals surface area contributed by atoms with Crippen molar-refractivity contribution in [2.24, 2.45) is 5.92 Å². The summed E-state index contributed by atoms with van der Waals surface area (Å²) in [4.78, 5) is 18.2. The molecule has 3 aromatic carbocycles. The van der Waals surface area contributed by atoms with E-state index in [1.54, 1.807) is 0 Å². The monoisotopic (exact) mass is 359 g/mol. The van der Waals surface area contributed by atoms with Crippen molar-refractivity contribution in [1.29, 1.82) is 0 Å². The van der Waals surface area contributed by atoms with Gasteiger partial charge in [-0.1, -0.05) is 72.8 Å². The minimum atomic E-state index is -0.377. The Balaban J connectivity index is 1.69. The Kier molecular flexibility index (Phi) is 4.90. The fourth-order valence-electron chi connectivity index (χ4n) is 3.52. The van der Waals surface area contributed by atoms with E-state index < -0.39 is 0 Å². The number of carbonyl (C=O) groups excluding carboxylic acids is 1. The molecule has 4 heteroatoms. The number of hydrogen-bond donors (Lipinski definition) is 0. The number of methoxy groups -OCH3 is 1. The molecule has 0 saturated carbocycles. The van der Waals surface area contributed by atoms with Gasteiger partial charge in [0, 0.05) is 0 Å². The molecule has 2 unspecified atom stereocenters. The average molecular weight is 359 g/mol. The average Bonchev–Trinajstić information content (AvgIpc) is 3.20. The predicted molar refractivity (Wildman–Crippen MR) is 105 cm³/mol. The lowest BCUT2D eigenvalue weighted by atomic mass is 9.92. The van der Waals surface area contributed by atoms with E-state index in [0.29, 0.717) is 6.61 Å². The summed E-state index contributed by atoms with van der Waals surface area (Å²) in [5.41, 5.74) is 4.24. The first-order chi connectivity index (χ1) is 13.3. The number of ether oxygens (including phenoxy) is 1. The van der Waals surface area contributed by atoms with E-state index in [1.807, 2.05) is 53.6 Å². The van der Waals surface area contributed by atoms with Crippen LogP contribution in [0.5, 0.6) is 0 Å². The molecule has 0 spiro atoms. The Hall–Kier alpha value is -3.11. The maximum atomic E-state index is 12.3. The molecular formula is C23H21NO3. The van der Waals surface area contributed by atoms with E-state index in [9.17, 15) is 4.79 Å². The predicted octanol–water partition coefficient (Wildman–Crippen LogP) is 4.64. The summed E-state index contributed by atoms with van der Waals surface area (Å²) < 4.78 is 5.02. The number of rotatable bonds is 4. The molecule has 0 aromatic heterocycles. The van der Waals surface area contributed by atoms with Crippen molar-refractivity contribution in [2.45, 2.75) is 6.04 Å². The highest BCUT2D eigenvalue weighted by Gasteiger charge is 2.42. The van der Waals surface area contributed by atoms with Gasteiger partial charge in [0.25, 0.3) is 0 Å². The fraction of sp³-hybridized carbons (Fsp3) is 0.174. The maximum absolute atomic E-state index is 12.3. The van der Waals surface area contributed by atoms with Gasteiger partial charge < -0.3 is 4.74 Å². The Morgan fingerprint density at radius 3 is 2.11 bits per heavy atom. The zero-order chi connectivity index (χ0) is 18.6. The van der Waals surface area contributed by atoms with Gasteiger partial charge in [0.1, 0.15) is 5.92 Å². The smallest absolute Gasteiger partial charge is 0.313 e. The number of anilines is 1. The van der Waals surface area contributed by atoms with Crippen LogP contribution >= 0.6 is 0 Å². The van der Waals surface area contributed by atoms with Crippen molar-refractivity contribution in [2.75, 3.05) is 18.8 Å². The molecule has 136 valence electrons. The van der Waals surface area contributed by atoms with Gasteiger partial charge in [-0.3, -0.25) is 9.63 Å². The molecule has 0 amide bonds. The van der Waals surface area contributed by atoms with Gasteiger partial charge in [-0.15, -0.1) is 0 Å². The molecule has 1 fully saturated rings. The molecule has 0 aliphatic carbocycles. The summed E-state index contributed by atoms with van der Waals surface area (Å²) in [5, 5.41) is 1.82. The molecule has 1 aliphatic heterocycles. The van der Waals surface area contributed by atoms with Crippen molar-refractivity contribution in [3.05, 3.63) is 90.5 Å². The van der Waals surface area contributed by atoms with Crippen LogP contribution in [0.15, 0.2) is 84.9 Å². The van der Waals surface area contributed by atoms with Crippen molar-refractivity contribution < 1.29 is 14.4 Å². The zero-order valence-corrected chi connectivity index (χ0v) is 15.1. The molecule has 1 heterocycles. The SMILES string of the molecule is COC(=O)C1CON(c2ccccc2)C1c1ccc(-c2ccccc2)cc1. The van der Waals surface area contributed by atoms with Crippen LogP contribution in [-0.2, 0) is 14.4 Å². The standard InChI is InChI=1S/C23H21NO3/c1-26-23(25)21-16-27-24(20-10-6-3-7-11-20)22(21)19-14-12-18(13-15-19)17-8-4-2-5-9-17/h2-15,21-22H,16H2,1H3. The number of carbonyl (C=O) groups is 1. The second-order valence-electron chi connectivity index (χ2n) is 6.52. The lowest BCUT2D eigenvalue weighted by molar-refractivity contribution is -0.145. The molecule has 0 radical (unpaired) electrons. The molecule has 0 N–H and O–H groups in total. The second kappa shape index (κ2) is 7.64. The molecule has 1 saturated heterocycles. The van der Waals surface area contributed by atoms with Crippen LogP contribution in [0.25, 0.3) is 11.1 Å². The van der Waals surface area contributed by atoms with Gasteiger partial charge in [0.05, 0.1) is 25.4 Å². The van der Waals surface area contributed by atoms with Gasteiger partial charge >= 0.3 is 5.97 Å². The first kappa shape index (κ1) is 17.3. The quantitative estimate of drug-likeness (QED) is 0.637. The maximum Gasteiger partial charge on any atom is 0.313 e. The van der Waals surface area contributed by atoms with Crippen molar-refractivity contribution in [1.82, 2.24) is 0 Å². The summed E-state index contributed by atoms with van der Waals surface area (Å²) in [6.45, 7) is 0.298. The van der Waals surface area contributed by atoms with E-state index in [1.165, 1.54) is 7.11 Å². The van der Waals surface area contributed by atoms with Crippen LogP contribution in [0.1, 0.15) is 11.6 Å². The summed E-state index contributed by atoms with van der Waals surface area (Å²) in [7, 11) is 1.42. The topological polar surface area (TPSA) is 38.8 Å². The number of benzene rings is 3. The van der Waals surface area contributed by atoms with Gasteiger partial charge in [-0.2, -0.15) is 0 Å². The molecule has 4 nitrogen and oxygen atoms in total. The Labute approximate surface area is 158 Å². The third-order valence-corrected chi connectivity index (χ3v) is 4.90. The zero-order valence-electron chi connectivity index (χ0n) is 15.1. The Bertz CT molecular complexity index is 894. The van der Waals surface area contributed by atoms with E-state index >= 15 is 0 Å². The van der Waals surface area contributed by atoms with Crippen LogP contribution < -0.4 is 5.06 Å². The fourth-order valence-corrected chi connectivity index (χ4v) is 3.52. The lowest BCUT2D eigenvalue weighted by Gasteiger charge is -2.27. The summed E-state index contributed by atoms with van der Waals surface area (Å²) >= 11 is 0. The van der Waals surface area contributed by atoms with Crippen LogP contribution in [0.4, 0.5) is 5.69 Å². The third-order valence-electron chi connectivity index (χ3n) is 4.90. The minimum absolute atomic E-state index is 0.232. The number of hydrogen-bond acceptors (Lipinski definition) is 4. The third kappa shape index (κ3) is 3.44. The van der Waals surface area contributed by atoms with E-state index in [0.717, 1.165) is 22.4 Å². The van der Waals surface area contributed by atoms with Gasteiger partial charge in [-0.25, -0.2) is 5.06 Å². The summed E-state index contributed by atoms with van der Waals surface area (Å²) in [6.07, 6.45) is 0. The van der Waals surface area contributed by atoms with Crippen LogP contribution in [0, 0.1) is 5.92 Å². The van der Waals surface area contributed by atoms with E-state index in [4.69, 9.17) is 9.57 Å². The highest BCUT2D eigenvalue weighted by molar-refractivity contribution is 5.75. The number of para-hydroxylation sites is 1.